The third-order valence-electron chi connectivity index (χ3n) is 5.02. The van der Waals surface area contributed by atoms with E-state index in [0.29, 0.717) is 12.2 Å². The molecule has 0 aliphatic carbocycles. The Morgan fingerprint density at radius 3 is 2.61 bits per heavy atom. The van der Waals surface area contributed by atoms with Crippen LogP contribution in [-0.4, -0.2) is 44.8 Å². The molecule has 3 aromatic rings. The molecule has 28 heavy (non-hydrogen) atoms. The van der Waals surface area contributed by atoms with E-state index in [1.54, 1.807) is 23.3 Å². The number of hydrogen-bond acceptors (Lipinski definition) is 5. The van der Waals surface area contributed by atoms with Crippen LogP contribution in [0.1, 0.15) is 24.8 Å². The summed E-state index contributed by atoms with van der Waals surface area (Å²) >= 11 is 0. The number of rotatable bonds is 6. The average molecular weight is 376 g/mol. The normalized spacial score (nSPS) is 14.8. The van der Waals surface area contributed by atoms with E-state index >= 15 is 0 Å². The Balaban J connectivity index is 1.27. The highest BCUT2D eigenvalue weighted by molar-refractivity contribution is 5.76. The van der Waals surface area contributed by atoms with Gasteiger partial charge in [-0.2, -0.15) is 5.10 Å². The van der Waals surface area contributed by atoms with Crippen molar-refractivity contribution < 1.29 is 4.79 Å². The van der Waals surface area contributed by atoms with Crippen LogP contribution in [0.2, 0.25) is 0 Å². The standard InChI is InChI=1S/C21H24N6O/c28-21(8-7-17-5-2-1-3-6-17)24-18-9-13-26(14-10-18)19-15-22-16-20(25-19)27-12-4-11-23-27/h1-6,11-12,15-16,18H,7-10,13-14H2,(H,24,28). The zero-order valence-corrected chi connectivity index (χ0v) is 15.7. The third kappa shape index (κ3) is 4.54. The number of nitrogens with one attached hydrogen (secondary N) is 1. The summed E-state index contributed by atoms with van der Waals surface area (Å²) < 4.78 is 1.70. The molecule has 1 aliphatic rings. The van der Waals surface area contributed by atoms with Gasteiger partial charge in [-0.05, 0) is 30.9 Å². The van der Waals surface area contributed by atoms with Crippen molar-refractivity contribution in [2.24, 2.45) is 0 Å². The summed E-state index contributed by atoms with van der Waals surface area (Å²) in [6, 6.07) is 12.2. The van der Waals surface area contributed by atoms with Crippen molar-refractivity contribution in [3.05, 3.63) is 66.7 Å². The fourth-order valence-corrected chi connectivity index (χ4v) is 3.47. The van der Waals surface area contributed by atoms with Gasteiger partial charge in [-0.1, -0.05) is 30.3 Å². The molecule has 0 bridgehead atoms. The number of hydrogen-bond donors (Lipinski definition) is 1. The molecule has 1 amide bonds. The van der Waals surface area contributed by atoms with E-state index in [4.69, 9.17) is 0 Å². The van der Waals surface area contributed by atoms with Gasteiger partial charge in [0.1, 0.15) is 5.82 Å². The van der Waals surface area contributed by atoms with Gasteiger partial charge in [0, 0.05) is 37.9 Å². The molecule has 0 radical (unpaired) electrons. The topological polar surface area (TPSA) is 75.9 Å². The molecule has 1 saturated heterocycles. The predicted molar refractivity (Wildman–Crippen MR) is 107 cm³/mol. The lowest BCUT2D eigenvalue weighted by atomic mass is 10.0. The Labute approximate surface area is 164 Å². The SMILES string of the molecule is O=C(CCc1ccccc1)NC1CCN(c2cncc(-n3cccn3)n2)CC1. The lowest BCUT2D eigenvalue weighted by molar-refractivity contribution is -0.121. The van der Waals surface area contributed by atoms with E-state index in [1.165, 1.54) is 5.56 Å². The first-order valence-corrected chi connectivity index (χ1v) is 9.68. The van der Waals surface area contributed by atoms with E-state index in [-0.39, 0.29) is 11.9 Å². The fourth-order valence-electron chi connectivity index (χ4n) is 3.47. The van der Waals surface area contributed by atoms with Gasteiger partial charge in [0.25, 0.3) is 0 Å². The number of amides is 1. The van der Waals surface area contributed by atoms with Crippen LogP contribution in [0.5, 0.6) is 0 Å². The fraction of sp³-hybridized carbons (Fsp3) is 0.333. The van der Waals surface area contributed by atoms with Crippen molar-refractivity contribution in [2.45, 2.75) is 31.7 Å². The number of anilines is 1. The van der Waals surface area contributed by atoms with Crippen LogP contribution in [0.25, 0.3) is 5.82 Å². The molecule has 1 aromatic carbocycles. The molecule has 2 aromatic heterocycles. The number of aromatic nitrogens is 4. The number of carbonyl (C=O) groups is 1. The van der Waals surface area contributed by atoms with Gasteiger partial charge >= 0.3 is 0 Å². The molecule has 144 valence electrons. The van der Waals surface area contributed by atoms with E-state index in [0.717, 1.165) is 38.2 Å². The average Bonchev–Trinajstić information content (AvgIpc) is 3.29. The van der Waals surface area contributed by atoms with Crippen molar-refractivity contribution in [3.63, 3.8) is 0 Å². The minimum absolute atomic E-state index is 0.128. The highest BCUT2D eigenvalue weighted by Gasteiger charge is 2.22. The van der Waals surface area contributed by atoms with Gasteiger partial charge in [-0.3, -0.25) is 9.78 Å². The highest BCUT2D eigenvalue weighted by Crippen LogP contribution is 2.18. The monoisotopic (exact) mass is 376 g/mol. The maximum absolute atomic E-state index is 12.3. The second-order valence-corrected chi connectivity index (χ2v) is 7.00. The maximum atomic E-state index is 12.3. The van der Waals surface area contributed by atoms with Crippen LogP contribution < -0.4 is 10.2 Å². The minimum atomic E-state index is 0.128. The largest absolute Gasteiger partial charge is 0.355 e. The molecule has 0 saturated carbocycles. The second kappa shape index (κ2) is 8.65. The summed E-state index contributed by atoms with van der Waals surface area (Å²) in [5.41, 5.74) is 1.20. The number of benzene rings is 1. The van der Waals surface area contributed by atoms with Crippen LogP contribution in [0.4, 0.5) is 5.82 Å². The first-order chi connectivity index (χ1) is 13.8. The Morgan fingerprint density at radius 2 is 1.86 bits per heavy atom. The van der Waals surface area contributed by atoms with E-state index in [2.05, 4.69) is 37.4 Å². The van der Waals surface area contributed by atoms with Crippen molar-refractivity contribution in [2.75, 3.05) is 18.0 Å². The van der Waals surface area contributed by atoms with Crippen LogP contribution in [0.3, 0.4) is 0 Å². The van der Waals surface area contributed by atoms with Gasteiger partial charge in [-0.15, -0.1) is 0 Å². The summed E-state index contributed by atoms with van der Waals surface area (Å²) in [4.78, 5) is 23.4. The molecule has 3 heterocycles. The maximum Gasteiger partial charge on any atom is 0.220 e. The number of nitrogens with zero attached hydrogens (tertiary/aromatic N) is 5. The Kier molecular flexibility index (Phi) is 5.61. The molecule has 1 fully saturated rings. The number of aryl methyl sites for hydroxylation is 1. The predicted octanol–water partition coefficient (Wildman–Crippen LogP) is 2.38. The van der Waals surface area contributed by atoms with Crippen LogP contribution >= 0.6 is 0 Å². The molecule has 4 rings (SSSR count). The zero-order valence-electron chi connectivity index (χ0n) is 15.7. The number of piperidine rings is 1. The molecule has 7 nitrogen and oxygen atoms in total. The van der Waals surface area contributed by atoms with Crippen molar-refractivity contribution in [3.8, 4) is 5.82 Å². The van der Waals surface area contributed by atoms with E-state index in [1.807, 2.05) is 30.5 Å². The molecule has 7 heteroatoms. The lowest BCUT2D eigenvalue weighted by Gasteiger charge is -2.33. The summed E-state index contributed by atoms with van der Waals surface area (Å²) in [7, 11) is 0. The van der Waals surface area contributed by atoms with Gasteiger partial charge in [0.2, 0.25) is 5.91 Å². The smallest absolute Gasteiger partial charge is 0.220 e. The Hall–Kier alpha value is -3.22. The summed E-state index contributed by atoms with van der Waals surface area (Å²) in [5.74, 6) is 1.68. The van der Waals surface area contributed by atoms with Gasteiger partial charge < -0.3 is 10.2 Å². The van der Waals surface area contributed by atoms with E-state index in [9.17, 15) is 4.79 Å². The van der Waals surface area contributed by atoms with Gasteiger partial charge in [0.15, 0.2) is 5.82 Å². The van der Waals surface area contributed by atoms with Crippen molar-refractivity contribution >= 4 is 11.7 Å². The molecular weight excluding hydrogens is 352 g/mol. The number of carbonyl (C=O) groups excluding carboxylic acids is 1. The van der Waals surface area contributed by atoms with Crippen LogP contribution in [0, 0.1) is 0 Å². The van der Waals surface area contributed by atoms with Gasteiger partial charge in [-0.25, -0.2) is 9.67 Å². The van der Waals surface area contributed by atoms with Crippen molar-refractivity contribution in [1.29, 1.82) is 0 Å². The third-order valence-corrected chi connectivity index (χ3v) is 5.02. The molecular formula is C21H24N6O. The molecule has 0 unspecified atom stereocenters. The van der Waals surface area contributed by atoms with Crippen LogP contribution in [0.15, 0.2) is 61.2 Å². The van der Waals surface area contributed by atoms with Gasteiger partial charge in [0.05, 0.1) is 12.4 Å². The summed E-state index contributed by atoms with van der Waals surface area (Å²) in [5, 5.41) is 7.38. The quantitative estimate of drug-likeness (QED) is 0.715. The first-order valence-electron chi connectivity index (χ1n) is 9.68. The minimum Gasteiger partial charge on any atom is -0.355 e. The van der Waals surface area contributed by atoms with E-state index < -0.39 is 0 Å². The molecule has 0 atom stereocenters. The Morgan fingerprint density at radius 1 is 1.07 bits per heavy atom. The first kappa shape index (κ1) is 18.2. The zero-order chi connectivity index (χ0) is 19.2. The Bertz CT molecular complexity index is 888. The van der Waals surface area contributed by atoms with Crippen LogP contribution in [-0.2, 0) is 11.2 Å². The summed E-state index contributed by atoms with van der Waals surface area (Å²) in [6.45, 7) is 1.70. The molecule has 1 aliphatic heterocycles. The second-order valence-electron chi connectivity index (χ2n) is 7.00. The lowest BCUT2D eigenvalue weighted by Crippen LogP contribution is -2.45. The van der Waals surface area contributed by atoms with Crippen molar-refractivity contribution in [1.82, 2.24) is 25.1 Å². The molecule has 0 spiro atoms. The highest BCUT2D eigenvalue weighted by atomic mass is 16.1. The summed E-state index contributed by atoms with van der Waals surface area (Å²) in [6.07, 6.45) is 10.2. The molecule has 1 N–H and O–H groups in total.